The third kappa shape index (κ3) is 3.95. The van der Waals surface area contributed by atoms with Crippen LogP contribution in [0.5, 0.6) is 0 Å². The summed E-state index contributed by atoms with van der Waals surface area (Å²) in [5, 5.41) is 16.3. The maximum Gasteiger partial charge on any atom is 0.273 e. The van der Waals surface area contributed by atoms with Crippen LogP contribution >= 0.6 is 11.8 Å². The molecular formula is C17H20N2O3S. The molecule has 1 atom stereocenters. The molecule has 0 bridgehead atoms. The molecule has 0 aliphatic carbocycles. The van der Waals surface area contributed by atoms with Crippen molar-refractivity contribution in [2.45, 2.75) is 18.9 Å². The van der Waals surface area contributed by atoms with Crippen molar-refractivity contribution < 1.29 is 14.4 Å². The van der Waals surface area contributed by atoms with Crippen molar-refractivity contribution >= 4 is 17.7 Å². The molecule has 6 heteroatoms. The highest BCUT2D eigenvalue weighted by Crippen LogP contribution is 2.26. The van der Waals surface area contributed by atoms with E-state index in [-0.39, 0.29) is 24.2 Å². The molecule has 1 amide bonds. The predicted octanol–water partition coefficient (Wildman–Crippen LogP) is 2.58. The zero-order valence-corrected chi connectivity index (χ0v) is 13.6. The quantitative estimate of drug-likeness (QED) is 0.880. The van der Waals surface area contributed by atoms with Crippen molar-refractivity contribution in [3.8, 4) is 11.3 Å². The Balaban J connectivity index is 1.67. The fourth-order valence-electron chi connectivity index (χ4n) is 2.79. The second-order valence-corrected chi connectivity index (χ2v) is 6.88. The van der Waals surface area contributed by atoms with E-state index in [2.05, 4.69) is 10.5 Å². The molecule has 122 valence electrons. The molecule has 3 rings (SSSR count). The maximum atomic E-state index is 12.4. The van der Waals surface area contributed by atoms with E-state index in [1.165, 1.54) is 0 Å². The van der Waals surface area contributed by atoms with Crippen molar-refractivity contribution in [2.24, 2.45) is 5.92 Å². The zero-order valence-electron chi connectivity index (χ0n) is 12.8. The number of hydrogen-bond acceptors (Lipinski definition) is 5. The number of rotatable bonds is 5. The monoisotopic (exact) mass is 332 g/mol. The van der Waals surface area contributed by atoms with Crippen LogP contribution in [0.25, 0.3) is 11.3 Å². The number of carbonyl (C=O) groups is 1. The van der Waals surface area contributed by atoms with Gasteiger partial charge in [-0.25, -0.2) is 0 Å². The molecule has 1 unspecified atom stereocenters. The summed E-state index contributed by atoms with van der Waals surface area (Å²) in [5.41, 5.74) is 1.12. The van der Waals surface area contributed by atoms with Gasteiger partial charge in [-0.15, -0.1) is 0 Å². The highest BCUT2D eigenvalue weighted by atomic mass is 32.2. The summed E-state index contributed by atoms with van der Waals surface area (Å²) in [4.78, 5) is 12.4. The first-order chi connectivity index (χ1) is 11.3. The van der Waals surface area contributed by atoms with E-state index in [0.29, 0.717) is 11.7 Å². The SMILES string of the molecule is O=C(NC(CO)C1CCSCC1)c1cc(-c2ccccc2)on1. The topological polar surface area (TPSA) is 75.4 Å². The number of benzene rings is 1. The summed E-state index contributed by atoms with van der Waals surface area (Å²) in [5.74, 6) is 2.75. The lowest BCUT2D eigenvalue weighted by atomic mass is 9.94. The van der Waals surface area contributed by atoms with E-state index in [4.69, 9.17) is 4.52 Å². The molecule has 1 aliphatic rings. The van der Waals surface area contributed by atoms with E-state index in [1.54, 1.807) is 6.07 Å². The number of nitrogens with one attached hydrogen (secondary N) is 1. The van der Waals surface area contributed by atoms with Crippen LogP contribution in [0.3, 0.4) is 0 Å². The molecule has 1 fully saturated rings. The van der Waals surface area contributed by atoms with Crippen molar-refractivity contribution in [3.05, 3.63) is 42.1 Å². The summed E-state index contributed by atoms with van der Waals surface area (Å²) in [6, 6.07) is 10.9. The minimum Gasteiger partial charge on any atom is -0.394 e. The van der Waals surface area contributed by atoms with Crippen LogP contribution in [0.4, 0.5) is 0 Å². The lowest BCUT2D eigenvalue weighted by molar-refractivity contribution is 0.0875. The van der Waals surface area contributed by atoms with Gasteiger partial charge in [0, 0.05) is 11.6 Å². The second-order valence-electron chi connectivity index (χ2n) is 5.65. The van der Waals surface area contributed by atoms with Gasteiger partial charge in [-0.3, -0.25) is 4.79 Å². The first kappa shape index (κ1) is 16.1. The van der Waals surface area contributed by atoms with Gasteiger partial charge in [0.05, 0.1) is 12.6 Å². The number of nitrogens with zero attached hydrogens (tertiary/aromatic N) is 1. The van der Waals surface area contributed by atoms with Crippen LogP contribution in [0.2, 0.25) is 0 Å². The Morgan fingerprint density at radius 2 is 2.09 bits per heavy atom. The van der Waals surface area contributed by atoms with Crippen molar-refractivity contribution in [3.63, 3.8) is 0 Å². The second kappa shape index (κ2) is 7.66. The molecule has 1 saturated heterocycles. The molecule has 23 heavy (non-hydrogen) atoms. The van der Waals surface area contributed by atoms with Crippen LogP contribution in [0.15, 0.2) is 40.9 Å². The van der Waals surface area contributed by atoms with Crippen LogP contribution in [-0.4, -0.2) is 40.3 Å². The lowest BCUT2D eigenvalue weighted by Crippen LogP contribution is -2.44. The molecule has 0 saturated carbocycles. The predicted molar refractivity (Wildman–Crippen MR) is 90.3 cm³/mol. The van der Waals surface area contributed by atoms with Gasteiger partial charge in [-0.2, -0.15) is 11.8 Å². The first-order valence-corrected chi connectivity index (χ1v) is 8.95. The summed E-state index contributed by atoms with van der Waals surface area (Å²) < 4.78 is 5.26. The van der Waals surface area contributed by atoms with Crippen LogP contribution in [0.1, 0.15) is 23.3 Å². The van der Waals surface area contributed by atoms with E-state index >= 15 is 0 Å². The molecular weight excluding hydrogens is 312 g/mol. The number of carbonyl (C=O) groups excluding carboxylic acids is 1. The van der Waals surface area contributed by atoms with Crippen molar-refractivity contribution in [2.75, 3.05) is 18.1 Å². The molecule has 5 nitrogen and oxygen atoms in total. The first-order valence-electron chi connectivity index (χ1n) is 7.79. The van der Waals surface area contributed by atoms with Crippen molar-refractivity contribution in [1.29, 1.82) is 0 Å². The van der Waals surface area contributed by atoms with Gasteiger partial charge in [0.1, 0.15) is 0 Å². The number of aliphatic hydroxyl groups excluding tert-OH is 1. The lowest BCUT2D eigenvalue weighted by Gasteiger charge is -2.29. The highest BCUT2D eigenvalue weighted by Gasteiger charge is 2.26. The minimum atomic E-state index is -0.298. The Labute approximate surface area is 139 Å². The van der Waals surface area contributed by atoms with E-state index in [9.17, 15) is 9.90 Å². The Hall–Kier alpha value is -1.79. The van der Waals surface area contributed by atoms with Gasteiger partial charge < -0.3 is 14.9 Å². The van der Waals surface area contributed by atoms with Crippen LogP contribution in [0, 0.1) is 5.92 Å². The standard InChI is InChI=1S/C17H20N2O3S/c20-11-15(12-6-8-23-9-7-12)18-17(21)14-10-16(22-19-14)13-4-2-1-3-5-13/h1-5,10,12,15,20H,6-9,11H2,(H,18,21). The molecule has 2 N–H and O–H groups in total. The maximum absolute atomic E-state index is 12.4. The van der Waals surface area contributed by atoms with Gasteiger partial charge in [0.25, 0.3) is 5.91 Å². The third-order valence-electron chi connectivity index (χ3n) is 4.15. The number of thioether (sulfide) groups is 1. The molecule has 1 aliphatic heterocycles. The molecule has 2 aromatic rings. The van der Waals surface area contributed by atoms with E-state index in [0.717, 1.165) is 29.9 Å². The van der Waals surface area contributed by atoms with Gasteiger partial charge in [0.2, 0.25) is 0 Å². The van der Waals surface area contributed by atoms with Gasteiger partial charge in [-0.1, -0.05) is 35.5 Å². The van der Waals surface area contributed by atoms with Crippen LogP contribution < -0.4 is 5.32 Å². The van der Waals surface area contributed by atoms with Gasteiger partial charge in [0.15, 0.2) is 11.5 Å². The largest absolute Gasteiger partial charge is 0.394 e. The highest BCUT2D eigenvalue weighted by molar-refractivity contribution is 7.99. The summed E-state index contributed by atoms with van der Waals surface area (Å²) in [6.45, 7) is -0.0511. The Morgan fingerprint density at radius 1 is 1.35 bits per heavy atom. The van der Waals surface area contributed by atoms with Gasteiger partial charge in [-0.05, 0) is 30.3 Å². The van der Waals surface area contributed by atoms with Gasteiger partial charge >= 0.3 is 0 Å². The number of aliphatic hydroxyl groups is 1. The molecule has 1 aromatic heterocycles. The summed E-state index contributed by atoms with van der Waals surface area (Å²) in [7, 11) is 0. The molecule has 2 heterocycles. The number of aromatic nitrogens is 1. The minimum absolute atomic E-state index is 0.0511. The average Bonchev–Trinajstić information content (AvgIpc) is 3.11. The molecule has 1 aromatic carbocycles. The summed E-state index contributed by atoms with van der Waals surface area (Å²) >= 11 is 1.92. The normalized spacial score (nSPS) is 16.9. The summed E-state index contributed by atoms with van der Waals surface area (Å²) in [6.07, 6.45) is 2.04. The average molecular weight is 332 g/mol. The van der Waals surface area contributed by atoms with E-state index in [1.807, 2.05) is 42.1 Å². The molecule has 0 radical (unpaired) electrons. The van der Waals surface area contributed by atoms with Crippen LogP contribution in [-0.2, 0) is 0 Å². The number of hydrogen-bond donors (Lipinski definition) is 2. The smallest absolute Gasteiger partial charge is 0.273 e. The fraction of sp³-hybridized carbons (Fsp3) is 0.412. The fourth-order valence-corrected chi connectivity index (χ4v) is 3.94. The molecule has 0 spiro atoms. The Bertz CT molecular complexity index is 638. The number of amides is 1. The van der Waals surface area contributed by atoms with Crippen molar-refractivity contribution in [1.82, 2.24) is 10.5 Å². The Morgan fingerprint density at radius 3 is 2.78 bits per heavy atom. The third-order valence-corrected chi connectivity index (χ3v) is 5.20. The van der Waals surface area contributed by atoms with E-state index < -0.39 is 0 Å². The zero-order chi connectivity index (χ0) is 16.1. The Kier molecular flexibility index (Phi) is 5.35.